The third kappa shape index (κ3) is 9.07. The molecule has 2 aromatic rings. The highest BCUT2D eigenvalue weighted by atomic mass is 32.2. The highest BCUT2D eigenvalue weighted by molar-refractivity contribution is 7.91. The van der Waals surface area contributed by atoms with Gasteiger partial charge in [0.15, 0.2) is 5.13 Å². The Labute approximate surface area is 320 Å². The topological polar surface area (TPSA) is 181 Å². The molecular formula is C38H51FN6O7S2. The number of hydrogen-bond acceptors (Lipinski definition) is 10. The number of primary amides is 1. The number of halogens is 1. The van der Waals surface area contributed by atoms with E-state index in [1.165, 1.54) is 27.2 Å². The number of hydrogen-bond donors (Lipinski definition) is 3. The van der Waals surface area contributed by atoms with E-state index in [1.54, 1.807) is 19.1 Å². The molecule has 4 aliphatic rings. The Morgan fingerprint density at radius 2 is 1.91 bits per heavy atom. The quantitative estimate of drug-likeness (QED) is 0.163. The number of sulfonamides is 1. The number of unbranched alkanes of at least 4 members (excludes halogenated alkanes) is 3. The number of nitrogens with one attached hydrogen (secondary N) is 2. The zero-order valence-corrected chi connectivity index (χ0v) is 32.9. The predicted molar refractivity (Wildman–Crippen MR) is 202 cm³/mol. The Bertz CT molecular complexity index is 1910. The lowest BCUT2D eigenvalue weighted by molar-refractivity contribution is -0.138. The van der Waals surface area contributed by atoms with Gasteiger partial charge in [-0.15, -0.1) is 11.3 Å². The van der Waals surface area contributed by atoms with Gasteiger partial charge in [0.1, 0.15) is 24.0 Å². The molecule has 1 aromatic carbocycles. The molecule has 2 saturated carbocycles. The summed E-state index contributed by atoms with van der Waals surface area (Å²) in [5.41, 5.74) is 7.63. The number of aromatic nitrogens is 1. The highest BCUT2D eigenvalue weighted by Crippen LogP contribution is 2.44. The molecule has 3 fully saturated rings. The van der Waals surface area contributed by atoms with Crippen LogP contribution in [0.1, 0.15) is 102 Å². The van der Waals surface area contributed by atoms with Crippen LogP contribution in [-0.4, -0.2) is 76.5 Å². The first kappa shape index (κ1) is 39.6. The van der Waals surface area contributed by atoms with Gasteiger partial charge in [0.25, 0.3) is 0 Å². The van der Waals surface area contributed by atoms with Crippen LogP contribution in [0.25, 0.3) is 0 Å². The van der Waals surface area contributed by atoms with Gasteiger partial charge in [-0.1, -0.05) is 57.9 Å². The third-order valence-electron chi connectivity index (χ3n) is 11.0. The van der Waals surface area contributed by atoms with Crippen molar-refractivity contribution in [1.29, 1.82) is 0 Å². The molecular weight excluding hydrogens is 736 g/mol. The van der Waals surface area contributed by atoms with Crippen molar-refractivity contribution in [2.24, 2.45) is 17.6 Å². The molecule has 1 saturated heterocycles. The first-order valence-corrected chi connectivity index (χ1v) is 21.1. The first-order valence-electron chi connectivity index (χ1n) is 18.7. The molecule has 294 valence electrons. The molecule has 0 spiro atoms. The van der Waals surface area contributed by atoms with Gasteiger partial charge in [0.2, 0.25) is 27.7 Å². The van der Waals surface area contributed by atoms with Crippen molar-refractivity contribution in [3.63, 3.8) is 0 Å². The number of rotatable bonds is 15. The number of ether oxygens (including phenoxy) is 1. The molecule has 2 aliphatic carbocycles. The smallest absolute Gasteiger partial charge is 0.410 e. The average Bonchev–Trinajstić information content (AvgIpc) is 3.83. The van der Waals surface area contributed by atoms with Crippen LogP contribution in [0.3, 0.4) is 0 Å². The number of fused-ring (bicyclic) bond motifs is 1. The largest absolute Gasteiger partial charge is 0.444 e. The van der Waals surface area contributed by atoms with E-state index >= 15 is 0 Å². The fourth-order valence-electron chi connectivity index (χ4n) is 6.98. The molecule has 0 bridgehead atoms. The van der Waals surface area contributed by atoms with E-state index in [9.17, 15) is 32.0 Å². The fraction of sp³-hybridized carbons (Fsp3) is 0.605. The SMILES string of the molecule is CC(C)(C)c1csc(NC(CCCCCC=CC2CC2C(=O)NS(=O)(=O)C2(C)CC2)C(=O)N2CC(OC(=O)N3Cc4cccc(F)c4C3)CC2C(N)=O)n1. The summed E-state index contributed by atoms with van der Waals surface area (Å²) in [4.78, 5) is 59.9. The molecule has 1 aromatic heterocycles. The zero-order chi connectivity index (χ0) is 39.0. The first-order chi connectivity index (χ1) is 25.5. The average molecular weight is 787 g/mol. The van der Waals surface area contributed by atoms with Crippen LogP contribution in [0.5, 0.6) is 0 Å². The van der Waals surface area contributed by atoms with Crippen LogP contribution in [0.15, 0.2) is 35.7 Å². The van der Waals surface area contributed by atoms with Crippen molar-refractivity contribution in [1.82, 2.24) is 19.5 Å². The number of nitrogens with zero attached hydrogens (tertiary/aromatic N) is 3. The standard InChI is InChI=1S/C38H51FN6O7S2/c1-37(2,3)31-22-53-35(42-31)41-29(14-9-7-5-6-8-11-23-17-26(23)33(47)43-54(50,51)38(4)15-16-38)34(48)45-20-25(18-30(45)32(40)46)52-36(49)44-19-24-12-10-13-28(39)27(24)21-44/h8,10-13,22-23,25-26,29-30H,5-7,9,14-21H2,1-4H3,(H2,40,46)(H,41,42)(H,43,47). The van der Waals surface area contributed by atoms with Crippen LogP contribution in [0.2, 0.25) is 0 Å². The predicted octanol–water partition coefficient (Wildman–Crippen LogP) is 5.11. The Hall–Kier alpha value is -4.05. The van der Waals surface area contributed by atoms with Crippen LogP contribution >= 0.6 is 11.3 Å². The molecule has 54 heavy (non-hydrogen) atoms. The van der Waals surface area contributed by atoms with Crippen molar-refractivity contribution >= 4 is 50.3 Å². The summed E-state index contributed by atoms with van der Waals surface area (Å²) in [6.45, 7) is 8.10. The summed E-state index contributed by atoms with van der Waals surface area (Å²) in [6, 6.07) is 3.03. The number of amides is 4. The zero-order valence-electron chi connectivity index (χ0n) is 31.3. The molecule has 16 heteroatoms. The molecule has 5 atom stereocenters. The Morgan fingerprint density at radius 1 is 1.15 bits per heavy atom. The van der Waals surface area contributed by atoms with Crippen LogP contribution in [0, 0.1) is 17.7 Å². The summed E-state index contributed by atoms with van der Waals surface area (Å²) in [7, 11) is -3.64. The van der Waals surface area contributed by atoms with E-state index < -0.39 is 50.9 Å². The van der Waals surface area contributed by atoms with Crippen molar-refractivity contribution in [3.05, 3.63) is 58.4 Å². The minimum atomic E-state index is -3.64. The van der Waals surface area contributed by atoms with Crippen molar-refractivity contribution < 1.29 is 36.7 Å². The Balaban J connectivity index is 1.02. The second-order valence-electron chi connectivity index (χ2n) is 16.4. The van der Waals surface area contributed by atoms with E-state index in [4.69, 9.17) is 15.5 Å². The van der Waals surface area contributed by atoms with Gasteiger partial charge in [-0.05, 0) is 63.0 Å². The maximum atomic E-state index is 14.3. The van der Waals surface area contributed by atoms with E-state index in [0.717, 1.165) is 25.0 Å². The Morgan fingerprint density at radius 3 is 2.57 bits per heavy atom. The summed E-state index contributed by atoms with van der Waals surface area (Å²) in [6.07, 6.45) is 8.00. The van der Waals surface area contributed by atoms with Crippen LogP contribution in [0.4, 0.5) is 14.3 Å². The number of thiazole rings is 1. The number of likely N-dealkylation sites (tertiary alicyclic amines) is 1. The van der Waals surface area contributed by atoms with Crippen molar-refractivity contribution in [3.8, 4) is 0 Å². The number of carbonyl (C=O) groups excluding carboxylic acids is 4. The lowest BCUT2D eigenvalue weighted by atomic mass is 9.93. The highest BCUT2D eigenvalue weighted by Gasteiger charge is 2.52. The maximum absolute atomic E-state index is 14.3. The van der Waals surface area contributed by atoms with E-state index in [2.05, 4.69) is 30.8 Å². The second kappa shape index (κ2) is 15.6. The van der Waals surface area contributed by atoms with Gasteiger partial charge in [-0.25, -0.2) is 22.6 Å². The molecule has 13 nitrogen and oxygen atoms in total. The van der Waals surface area contributed by atoms with E-state index in [0.29, 0.717) is 48.4 Å². The maximum Gasteiger partial charge on any atom is 0.410 e. The number of benzene rings is 1. The molecule has 4 N–H and O–H groups in total. The number of anilines is 1. The van der Waals surface area contributed by atoms with E-state index in [-0.39, 0.29) is 55.0 Å². The number of carbonyl (C=O) groups is 4. The molecule has 0 radical (unpaired) electrons. The van der Waals surface area contributed by atoms with Gasteiger partial charge < -0.3 is 20.7 Å². The van der Waals surface area contributed by atoms with Crippen LogP contribution < -0.4 is 15.8 Å². The molecule has 4 amide bonds. The van der Waals surface area contributed by atoms with E-state index in [1.807, 2.05) is 17.5 Å². The minimum Gasteiger partial charge on any atom is -0.444 e. The van der Waals surface area contributed by atoms with Gasteiger partial charge in [-0.3, -0.25) is 24.0 Å². The van der Waals surface area contributed by atoms with Gasteiger partial charge >= 0.3 is 6.09 Å². The van der Waals surface area contributed by atoms with Crippen LogP contribution in [-0.2, 0) is 47.6 Å². The molecule has 5 unspecified atom stereocenters. The molecule has 2 aliphatic heterocycles. The number of allylic oxidation sites excluding steroid dienone is 2. The summed E-state index contributed by atoms with van der Waals surface area (Å²) in [5, 5.41) is 5.85. The van der Waals surface area contributed by atoms with Gasteiger partial charge in [0.05, 0.1) is 23.5 Å². The second-order valence-corrected chi connectivity index (χ2v) is 19.4. The molecule has 3 heterocycles. The summed E-state index contributed by atoms with van der Waals surface area (Å²) >= 11 is 1.40. The summed E-state index contributed by atoms with van der Waals surface area (Å²) in [5.74, 6) is -2.12. The van der Waals surface area contributed by atoms with Crippen molar-refractivity contribution in [2.45, 2.75) is 127 Å². The Kier molecular flexibility index (Phi) is 11.4. The molecule has 6 rings (SSSR count). The normalized spacial score (nSPS) is 23.6. The minimum absolute atomic E-state index is 0.00710. The van der Waals surface area contributed by atoms with Crippen molar-refractivity contribution in [2.75, 3.05) is 11.9 Å². The van der Waals surface area contributed by atoms with Gasteiger partial charge in [0, 0.05) is 35.2 Å². The summed E-state index contributed by atoms with van der Waals surface area (Å²) < 4.78 is 46.3. The lowest BCUT2D eigenvalue weighted by Crippen LogP contribution is -2.49. The monoisotopic (exact) mass is 786 g/mol. The fourth-order valence-corrected chi connectivity index (χ4v) is 9.27. The van der Waals surface area contributed by atoms with Gasteiger partial charge in [-0.2, -0.15) is 0 Å². The third-order valence-corrected chi connectivity index (χ3v) is 13.9. The number of nitrogens with two attached hydrogens (primary N) is 1. The lowest BCUT2D eigenvalue weighted by Gasteiger charge is -2.27.